The Bertz CT molecular complexity index is 223. The van der Waals surface area contributed by atoms with Crippen molar-refractivity contribution in [3.05, 3.63) is 0 Å². The van der Waals surface area contributed by atoms with Crippen LogP contribution in [0.25, 0.3) is 0 Å². The van der Waals surface area contributed by atoms with E-state index in [1.54, 1.807) is 0 Å². The third-order valence-electron chi connectivity index (χ3n) is 5.16. The van der Waals surface area contributed by atoms with Gasteiger partial charge in [0.05, 0.1) is 5.60 Å². The van der Waals surface area contributed by atoms with E-state index >= 15 is 0 Å². The molecule has 0 heterocycles. The molecule has 0 saturated heterocycles. The van der Waals surface area contributed by atoms with Crippen LogP contribution in [0, 0.1) is 5.41 Å². The zero-order chi connectivity index (χ0) is 11.6. The van der Waals surface area contributed by atoms with Gasteiger partial charge in [-0.25, -0.2) is 0 Å². The average molecular weight is 225 g/mol. The zero-order valence-corrected chi connectivity index (χ0v) is 10.9. The Morgan fingerprint density at radius 2 is 1.62 bits per heavy atom. The predicted octanol–water partition coefficient (Wildman–Crippen LogP) is 2.85. The van der Waals surface area contributed by atoms with E-state index in [-0.39, 0.29) is 6.04 Å². The fourth-order valence-corrected chi connectivity index (χ4v) is 3.77. The second-order valence-corrected chi connectivity index (χ2v) is 6.09. The van der Waals surface area contributed by atoms with E-state index in [1.807, 2.05) is 0 Å². The average Bonchev–Trinajstić information content (AvgIpc) is 2.73. The Morgan fingerprint density at radius 3 is 2.12 bits per heavy atom. The molecule has 2 rings (SSSR count). The number of aliphatic hydroxyl groups is 1. The summed E-state index contributed by atoms with van der Waals surface area (Å²) in [7, 11) is 0. The van der Waals surface area contributed by atoms with E-state index in [9.17, 15) is 5.11 Å². The molecule has 0 bridgehead atoms. The zero-order valence-electron chi connectivity index (χ0n) is 10.9. The van der Waals surface area contributed by atoms with Crippen LogP contribution in [0.5, 0.6) is 0 Å². The number of hydrogen-bond acceptors (Lipinski definition) is 2. The SMILES string of the molecule is CCNC(C)C1(O)CCC2(CCCC2)CC1. The van der Waals surface area contributed by atoms with Gasteiger partial charge in [-0.1, -0.05) is 19.8 Å². The fraction of sp³-hybridized carbons (Fsp3) is 1.00. The molecular formula is C14H27NO. The van der Waals surface area contributed by atoms with E-state index < -0.39 is 5.60 Å². The normalized spacial score (nSPS) is 29.4. The Labute approximate surface area is 99.8 Å². The lowest BCUT2D eigenvalue weighted by atomic mass is 9.66. The summed E-state index contributed by atoms with van der Waals surface area (Å²) in [6.45, 7) is 5.20. The molecule has 1 spiro atoms. The lowest BCUT2D eigenvalue weighted by Crippen LogP contribution is -2.52. The molecule has 94 valence electrons. The Kier molecular flexibility index (Phi) is 3.60. The maximum atomic E-state index is 10.7. The second kappa shape index (κ2) is 4.66. The quantitative estimate of drug-likeness (QED) is 0.774. The molecule has 2 aliphatic carbocycles. The van der Waals surface area contributed by atoms with Crippen molar-refractivity contribution in [2.45, 2.75) is 76.9 Å². The molecule has 0 amide bonds. The highest BCUT2D eigenvalue weighted by atomic mass is 16.3. The monoisotopic (exact) mass is 225 g/mol. The summed E-state index contributed by atoms with van der Waals surface area (Å²) in [6, 6.07) is 0.247. The van der Waals surface area contributed by atoms with Gasteiger partial charge in [0.25, 0.3) is 0 Å². The molecule has 2 N–H and O–H groups in total. The molecule has 2 saturated carbocycles. The van der Waals surface area contributed by atoms with Gasteiger partial charge in [-0.3, -0.25) is 0 Å². The van der Waals surface area contributed by atoms with Crippen LogP contribution in [0.15, 0.2) is 0 Å². The van der Waals surface area contributed by atoms with E-state index in [4.69, 9.17) is 0 Å². The third-order valence-corrected chi connectivity index (χ3v) is 5.16. The van der Waals surface area contributed by atoms with Gasteiger partial charge >= 0.3 is 0 Å². The molecule has 2 nitrogen and oxygen atoms in total. The number of hydrogen-bond donors (Lipinski definition) is 2. The molecule has 2 heteroatoms. The van der Waals surface area contributed by atoms with Crippen molar-refractivity contribution < 1.29 is 5.11 Å². The Morgan fingerprint density at radius 1 is 1.06 bits per heavy atom. The first-order valence-electron chi connectivity index (χ1n) is 7.06. The van der Waals surface area contributed by atoms with Crippen molar-refractivity contribution in [2.24, 2.45) is 5.41 Å². The molecule has 0 aromatic carbocycles. The summed E-state index contributed by atoms with van der Waals surface area (Å²) >= 11 is 0. The van der Waals surface area contributed by atoms with Gasteiger partial charge < -0.3 is 10.4 Å². The summed E-state index contributed by atoms with van der Waals surface area (Å²) in [5.74, 6) is 0. The highest BCUT2D eigenvalue weighted by Crippen LogP contribution is 2.51. The van der Waals surface area contributed by atoms with Crippen molar-refractivity contribution in [3.63, 3.8) is 0 Å². The molecular weight excluding hydrogens is 198 g/mol. The van der Waals surface area contributed by atoms with Gasteiger partial charge in [-0.05, 0) is 57.4 Å². The van der Waals surface area contributed by atoms with Gasteiger partial charge in [0.15, 0.2) is 0 Å². The second-order valence-electron chi connectivity index (χ2n) is 6.09. The Hall–Kier alpha value is -0.0800. The predicted molar refractivity (Wildman–Crippen MR) is 67.5 cm³/mol. The highest BCUT2D eigenvalue weighted by molar-refractivity contribution is 4.99. The van der Waals surface area contributed by atoms with Gasteiger partial charge in [0, 0.05) is 6.04 Å². The van der Waals surface area contributed by atoms with Crippen LogP contribution < -0.4 is 5.32 Å². The smallest absolute Gasteiger partial charge is 0.0797 e. The molecule has 2 fully saturated rings. The van der Waals surface area contributed by atoms with Crippen LogP contribution >= 0.6 is 0 Å². The maximum absolute atomic E-state index is 10.7. The van der Waals surface area contributed by atoms with E-state index in [1.165, 1.54) is 38.5 Å². The minimum atomic E-state index is -0.441. The summed E-state index contributed by atoms with van der Waals surface area (Å²) in [4.78, 5) is 0. The third kappa shape index (κ3) is 2.28. The maximum Gasteiger partial charge on any atom is 0.0797 e. The summed E-state index contributed by atoms with van der Waals surface area (Å²) in [5, 5.41) is 14.0. The van der Waals surface area contributed by atoms with Crippen molar-refractivity contribution in [1.29, 1.82) is 0 Å². The molecule has 0 aromatic heterocycles. The van der Waals surface area contributed by atoms with Crippen LogP contribution in [0.2, 0.25) is 0 Å². The number of nitrogens with one attached hydrogen (secondary N) is 1. The van der Waals surface area contributed by atoms with Gasteiger partial charge in [0.2, 0.25) is 0 Å². The highest BCUT2D eigenvalue weighted by Gasteiger charge is 2.45. The lowest BCUT2D eigenvalue weighted by Gasteiger charge is -2.45. The first kappa shape index (κ1) is 12.4. The van der Waals surface area contributed by atoms with Gasteiger partial charge in [0.1, 0.15) is 0 Å². The summed E-state index contributed by atoms with van der Waals surface area (Å²) < 4.78 is 0. The molecule has 16 heavy (non-hydrogen) atoms. The van der Waals surface area contributed by atoms with Crippen molar-refractivity contribution >= 4 is 0 Å². The molecule has 0 radical (unpaired) electrons. The first-order chi connectivity index (χ1) is 7.60. The van der Waals surface area contributed by atoms with E-state index in [2.05, 4.69) is 19.2 Å². The molecule has 2 aliphatic rings. The minimum absolute atomic E-state index is 0.247. The standard InChI is InChI=1S/C14H27NO/c1-3-15-12(2)14(16)10-8-13(9-11-14)6-4-5-7-13/h12,15-16H,3-11H2,1-2H3. The van der Waals surface area contributed by atoms with Crippen LogP contribution in [0.1, 0.15) is 65.2 Å². The largest absolute Gasteiger partial charge is 0.388 e. The van der Waals surface area contributed by atoms with Crippen molar-refractivity contribution in [2.75, 3.05) is 6.54 Å². The van der Waals surface area contributed by atoms with Crippen molar-refractivity contribution in [1.82, 2.24) is 5.32 Å². The lowest BCUT2D eigenvalue weighted by molar-refractivity contribution is -0.0554. The van der Waals surface area contributed by atoms with Crippen molar-refractivity contribution in [3.8, 4) is 0 Å². The topological polar surface area (TPSA) is 32.3 Å². The number of rotatable bonds is 3. The van der Waals surface area contributed by atoms with Crippen LogP contribution in [-0.2, 0) is 0 Å². The Balaban J connectivity index is 1.92. The van der Waals surface area contributed by atoms with Crippen LogP contribution in [0.3, 0.4) is 0 Å². The number of likely N-dealkylation sites (N-methyl/N-ethyl adjacent to an activating group) is 1. The van der Waals surface area contributed by atoms with E-state index in [0.717, 1.165) is 19.4 Å². The fourth-order valence-electron chi connectivity index (χ4n) is 3.77. The summed E-state index contributed by atoms with van der Waals surface area (Å²) in [5.41, 5.74) is 0.183. The van der Waals surface area contributed by atoms with Gasteiger partial charge in [-0.15, -0.1) is 0 Å². The van der Waals surface area contributed by atoms with E-state index in [0.29, 0.717) is 5.41 Å². The van der Waals surface area contributed by atoms with Crippen LogP contribution in [0.4, 0.5) is 0 Å². The first-order valence-corrected chi connectivity index (χ1v) is 7.06. The van der Waals surface area contributed by atoms with Crippen LogP contribution in [-0.4, -0.2) is 23.3 Å². The molecule has 0 aromatic rings. The molecule has 0 aliphatic heterocycles. The molecule has 1 atom stereocenters. The van der Waals surface area contributed by atoms with Gasteiger partial charge in [-0.2, -0.15) is 0 Å². The molecule has 1 unspecified atom stereocenters. The summed E-state index contributed by atoms with van der Waals surface area (Å²) in [6.07, 6.45) is 10.2. The minimum Gasteiger partial charge on any atom is -0.388 e.